The van der Waals surface area contributed by atoms with Gasteiger partial charge in [-0.25, -0.2) is 0 Å². The van der Waals surface area contributed by atoms with Crippen molar-refractivity contribution in [1.29, 1.82) is 0 Å². The van der Waals surface area contributed by atoms with E-state index in [2.05, 4.69) is 76.8 Å². The first kappa shape index (κ1) is 75.7. The van der Waals surface area contributed by atoms with Crippen molar-refractivity contribution in [3.05, 3.63) is 13.2 Å². The van der Waals surface area contributed by atoms with Crippen LogP contribution < -0.4 is 0 Å². The van der Waals surface area contributed by atoms with Gasteiger partial charge < -0.3 is 31.3 Å². The van der Waals surface area contributed by atoms with Gasteiger partial charge in [0.2, 0.25) is 6.29 Å². The molecule has 1 unspecified atom stereocenters. The maximum Gasteiger partial charge on any atom is 0.509 e. The summed E-state index contributed by atoms with van der Waals surface area (Å²) in [6.07, 6.45) is 5.13. The summed E-state index contributed by atoms with van der Waals surface area (Å²) < 4.78 is 40.4. The van der Waals surface area contributed by atoms with E-state index < -0.39 is 39.2 Å². The van der Waals surface area contributed by atoms with Crippen LogP contribution in [0.1, 0.15) is 145 Å². The molecule has 0 N–H and O–H groups in total. The third-order valence-electron chi connectivity index (χ3n) is 7.64. The SMILES string of the molecule is C.C.C.C.C.C.C=C.CCC(C)(C)C(=O)OC.CCC(C)(C)C(=O)OC1CCCCO1.CCC(C)(C)C(=O)OC[Si](O[Si](C)(C)C)(O[Si](C)(C)C)O[Si](C)(C)C. The van der Waals surface area contributed by atoms with Gasteiger partial charge in [-0.15, -0.1) is 13.2 Å². The fraction of sp³-hybridized carbons (Fsp3) is 0.881. The molecule has 56 heavy (non-hydrogen) atoms. The van der Waals surface area contributed by atoms with E-state index in [9.17, 15) is 14.4 Å². The minimum Gasteiger partial charge on any atom is -0.469 e. The number of carbonyl (C=O) groups is 3. The van der Waals surface area contributed by atoms with Crippen molar-refractivity contribution in [3.63, 3.8) is 0 Å². The minimum absolute atomic E-state index is 0. The van der Waals surface area contributed by atoms with Crippen LogP contribution in [-0.2, 0) is 45.7 Å². The molecule has 0 spiro atoms. The number of carbonyl (C=O) groups excluding carboxylic acids is 3. The maximum atomic E-state index is 12.5. The molecule has 0 aliphatic carbocycles. The second kappa shape index (κ2) is 32.7. The van der Waals surface area contributed by atoms with Gasteiger partial charge >= 0.3 is 26.7 Å². The monoisotopic (exact) mass is 879 g/mol. The first-order chi connectivity index (χ1) is 22.4. The zero-order valence-electron chi connectivity index (χ0n) is 35.7. The average molecular weight is 880 g/mol. The molecular formula is C42H102O10Si4. The minimum atomic E-state index is -3.11. The summed E-state index contributed by atoms with van der Waals surface area (Å²) in [5.74, 6) is -0.499. The lowest BCUT2D eigenvalue weighted by atomic mass is 9.91. The predicted octanol–water partition coefficient (Wildman–Crippen LogP) is 13.7. The summed E-state index contributed by atoms with van der Waals surface area (Å²) >= 11 is 0. The molecule has 10 nitrogen and oxygen atoms in total. The molecule has 14 heteroatoms. The van der Waals surface area contributed by atoms with Crippen LogP contribution in [0.5, 0.6) is 0 Å². The van der Waals surface area contributed by atoms with E-state index in [-0.39, 0.29) is 85.8 Å². The molecule has 1 saturated heterocycles. The molecule has 1 rings (SSSR count). The zero-order valence-corrected chi connectivity index (χ0v) is 39.7. The van der Waals surface area contributed by atoms with Gasteiger partial charge in [0.05, 0.1) is 30.0 Å². The molecule has 1 heterocycles. The third-order valence-corrected chi connectivity index (χ3v) is 19.2. The fourth-order valence-corrected chi connectivity index (χ4v) is 17.5. The fourth-order valence-electron chi connectivity index (χ4n) is 3.69. The first-order valence-electron chi connectivity index (χ1n) is 18.1. The van der Waals surface area contributed by atoms with E-state index in [0.717, 1.165) is 38.5 Å². The normalized spacial score (nSPS) is 14.2. The standard InChI is InChI=1S/C16H40O5Si4.C11H20O3.C7H14O2.C2H4.6CH4/c1-13-16(2,3)15(17)18-14-25(19-22(4,5)6,20-23(7,8)9)21-24(10,11)12;1-4-11(2,3)10(12)14-9-7-5-6-8-13-9;1-5-7(2,3)6(8)9-4;1-2;;;;;;/h13-14H2,1-12H3;9H,4-8H2,1-3H3;5H2,1-4H3;1-2H2;6*1H4. The Morgan fingerprint density at radius 1 is 0.589 bits per heavy atom. The molecule has 1 aliphatic rings. The van der Waals surface area contributed by atoms with E-state index in [1.54, 1.807) is 0 Å². The van der Waals surface area contributed by atoms with Gasteiger partial charge in [-0.2, -0.15) is 0 Å². The molecule has 0 radical (unpaired) electrons. The highest BCUT2D eigenvalue weighted by Gasteiger charge is 2.52. The lowest BCUT2D eigenvalue weighted by Crippen LogP contribution is -2.63. The van der Waals surface area contributed by atoms with Crippen molar-refractivity contribution < 1.29 is 45.7 Å². The van der Waals surface area contributed by atoms with Crippen molar-refractivity contribution in [1.82, 2.24) is 0 Å². The molecule has 0 bridgehead atoms. The van der Waals surface area contributed by atoms with Gasteiger partial charge in [0.25, 0.3) is 0 Å². The molecule has 1 fully saturated rings. The second-order valence-electron chi connectivity index (χ2n) is 17.3. The van der Waals surface area contributed by atoms with E-state index >= 15 is 0 Å². The van der Waals surface area contributed by atoms with Gasteiger partial charge in [-0.3, -0.25) is 14.4 Å². The Morgan fingerprint density at radius 2 is 0.911 bits per heavy atom. The first-order valence-corrected chi connectivity index (χ1v) is 30.3. The quantitative estimate of drug-likeness (QED) is 0.0681. The summed E-state index contributed by atoms with van der Waals surface area (Å²) in [5.41, 5.74) is -1.22. The predicted molar refractivity (Wildman–Crippen MR) is 256 cm³/mol. The van der Waals surface area contributed by atoms with Gasteiger partial charge in [-0.1, -0.05) is 65.3 Å². The molecule has 0 saturated carbocycles. The van der Waals surface area contributed by atoms with E-state index in [4.69, 9.17) is 26.6 Å². The number of hydrogen-bond acceptors (Lipinski definition) is 10. The Hall–Kier alpha value is -1.14. The number of rotatable bonds is 15. The van der Waals surface area contributed by atoms with Crippen molar-refractivity contribution >= 4 is 51.7 Å². The third kappa shape index (κ3) is 34.9. The van der Waals surface area contributed by atoms with Crippen LogP contribution in [0.15, 0.2) is 13.2 Å². The summed E-state index contributed by atoms with van der Waals surface area (Å²) in [7, 11) is -7.56. The van der Waals surface area contributed by atoms with Crippen LogP contribution in [-0.4, -0.2) is 77.9 Å². The van der Waals surface area contributed by atoms with Crippen LogP contribution in [0.25, 0.3) is 0 Å². The van der Waals surface area contributed by atoms with Crippen LogP contribution in [0, 0.1) is 16.2 Å². The van der Waals surface area contributed by atoms with Crippen molar-refractivity contribution in [2.24, 2.45) is 16.2 Å². The summed E-state index contributed by atoms with van der Waals surface area (Å²) in [6.45, 7) is 43.1. The molecule has 0 aromatic rings. The molecular weight excluding hydrogens is 777 g/mol. The lowest BCUT2D eigenvalue weighted by Gasteiger charge is -2.42. The Kier molecular flexibility index (Phi) is 44.2. The average Bonchev–Trinajstić information content (AvgIpc) is 2.98. The topological polar surface area (TPSA) is 116 Å². The van der Waals surface area contributed by atoms with Crippen LogP contribution in [0.4, 0.5) is 0 Å². The highest BCUT2D eigenvalue weighted by Crippen LogP contribution is 2.29. The molecule has 0 aromatic heterocycles. The Balaban J connectivity index is -0.0000000870. The van der Waals surface area contributed by atoms with Crippen molar-refractivity contribution in [2.45, 2.75) is 211 Å². The summed E-state index contributed by atoms with van der Waals surface area (Å²) in [4.78, 5) is 35.0. The van der Waals surface area contributed by atoms with E-state index in [1.807, 2.05) is 62.3 Å². The van der Waals surface area contributed by atoms with Crippen LogP contribution in [0.2, 0.25) is 58.9 Å². The Labute approximate surface area is 356 Å². The maximum absolute atomic E-state index is 12.5. The highest BCUT2D eigenvalue weighted by atomic mass is 28.5. The molecule has 1 aliphatic heterocycles. The van der Waals surface area contributed by atoms with Gasteiger partial charge in [-0.05, 0) is 133 Å². The smallest absolute Gasteiger partial charge is 0.469 e. The Morgan fingerprint density at radius 3 is 1.16 bits per heavy atom. The van der Waals surface area contributed by atoms with Gasteiger partial charge in [0.15, 0.2) is 31.2 Å². The Bertz CT molecular complexity index is 952. The number of ether oxygens (including phenoxy) is 4. The van der Waals surface area contributed by atoms with Crippen molar-refractivity contribution in [2.75, 3.05) is 19.9 Å². The molecule has 1 atom stereocenters. The molecule has 346 valence electrons. The van der Waals surface area contributed by atoms with E-state index in [1.165, 1.54) is 7.11 Å². The summed E-state index contributed by atoms with van der Waals surface area (Å²) in [6, 6.07) is 0. The van der Waals surface area contributed by atoms with Crippen LogP contribution >= 0.6 is 0 Å². The zero-order chi connectivity index (χ0) is 40.4. The van der Waals surface area contributed by atoms with Gasteiger partial charge in [0.1, 0.15) is 0 Å². The number of hydrogen-bond donors (Lipinski definition) is 0. The molecule has 0 amide bonds. The number of methoxy groups -OCH3 is 1. The van der Waals surface area contributed by atoms with E-state index in [0.29, 0.717) is 6.61 Å². The summed E-state index contributed by atoms with van der Waals surface area (Å²) in [5, 5.41) is 0. The number of esters is 3. The molecule has 0 aromatic carbocycles. The van der Waals surface area contributed by atoms with Gasteiger partial charge in [0, 0.05) is 6.42 Å². The second-order valence-corrected chi connectivity index (χ2v) is 34.1. The van der Waals surface area contributed by atoms with Crippen molar-refractivity contribution in [3.8, 4) is 0 Å². The highest BCUT2D eigenvalue weighted by molar-refractivity contribution is 6.90. The van der Waals surface area contributed by atoms with Crippen LogP contribution in [0.3, 0.4) is 0 Å². The largest absolute Gasteiger partial charge is 0.509 e. The lowest BCUT2D eigenvalue weighted by molar-refractivity contribution is -0.196.